The minimum absolute atomic E-state index is 0.0767. The Balaban J connectivity index is 2.05. The standard InChI is InChI=1S/C13H17ClN2O3/c1-7(2)8(3)15-13(17)16-10-5-12-11(4-9(10)14)18-6-19-12/h4-5,7-8H,6H2,1-3H3,(H2,15,16,17). The van der Waals surface area contributed by atoms with Gasteiger partial charge in [-0.05, 0) is 12.8 Å². The molecule has 0 fully saturated rings. The fourth-order valence-electron chi connectivity index (χ4n) is 1.54. The summed E-state index contributed by atoms with van der Waals surface area (Å²) in [4.78, 5) is 11.8. The van der Waals surface area contributed by atoms with Crippen LogP contribution in [0.2, 0.25) is 5.02 Å². The van der Waals surface area contributed by atoms with E-state index in [1.807, 2.05) is 20.8 Å². The van der Waals surface area contributed by atoms with Crippen LogP contribution < -0.4 is 20.1 Å². The van der Waals surface area contributed by atoms with E-state index in [1.165, 1.54) is 0 Å². The van der Waals surface area contributed by atoms with E-state index in [4.69, 9.17) is 21.1 Å². The zero-order valence-corrected chi connectivity index (χ0v) is 11.9. The molecule has 0 aromatic heterocycles. The highest BCUT2D eigenvalue weighted by Gasteiger charge is 2.18. The molecule has 2 N–H and O–H groups in total. The Labute approximate surface area is 117 Å². The summed E-state index contributed by atoms with van der Waals surface area (Å²) in [6.45, 7) is 6.20. The molecule has 0 radical (unpaired) electrons. The van der Waals surface area contributed by atoms with Gasteiger partial charge in [-0.15, -0.1) is 0 Å². The van der Waals surface area contributed by atoms with E-state index in [9.17, 15) is 4.79 Å². The normalized spacial score (nSPS) is 14.4. The molecule has 1 aromatic carbocycles. The van der Waals surface area contributed by atoms with Gasteiger partial charge in [-0.2, -0.15) is 0 Å². The van der Waals surface area contributed by atoms with E-state index in [0.717, 1.165) is 0 Å². The van der Waals surface area contributed by atoms with Crippen LogP contribution in [-0.2, 0) is 0 Å². The number of carbonyl (C=O) groups is 1. The second-order valence-electron chi connectivity index (χ2n) is 4.82. The number of halogens is 1. The zero-order valence-electron chi connectivity index (χ0n) is 11.1. The maximum absolute atomic E-state index is 11.8. The highest BCUT2D eigenvalue weighted by molar-refractivity contribution is 6.34. The summed E-state index contributed by atoms with van der Waals surface area (Å²) in [5.41, 5.74) is 0.499. The molecular formula is C13H17ClN2O3. The second kappa shape index (κ2) is 5.57. The van der Waals surface area contributed by atoms with Gasteiger partial charge in [-0.3, -0.25) is 0 Å². The fourth-order valence-corrected chi connectivity index (χ4v) is 1.75. The fraction of sp³-hybridized carbons (Fsp3) is 0.462. The summed E-state index contributed by atoms with van der Waals surface area (Å²) >= 11 is 6.07. The van der Waals surface area contributed by atoms with Gasteiger partial charge in [0.1, 0.15) is 0 Å². The van der Waals surface area contributed by atoms with E-state index in [1.54, 1.807) is 12.1 Å². The topological polar surface area (TPSA) is 59.6 Å². The second-order valence-corrected chi connectivity index (χ2v) is 5.22. The van der Waals surface area contributed by atoms with E-state index in [0.29, 0.717) is 28.1 Å². The van der Waals surface area contributed by atoms with Crippen molar-refractivity contribution in [1.29, 1.82) is 0 Å². The third-order valence-electron chi connectivity index (χ3n) is 3.07. The lowest BCUT2D eigenvalue weighted by atomic mass is 10.1. The Bertz CT molecular complexity index is 491. The molecule has 2 amide bonds. The summed E-state index contributed by atoms with van der Waals surface area (Å²) in [7, 11) is 0. The minimum atomic E-state index is -0.290. The van der Waals surface area contributed by atoms with Crippen molar-refractivity contribution in [2.45, 2.75) is 26.8 Å². The number of benzene rings is 1. The first-order chi connectivity index (χ1) is 8.97. The molecule has 6 heteroatoms. The minimum Gasteiger partial charge on any atom is -0.454 e. The van der Waals surface area contributed by atoms with Crippen molar-refractivity contribution < 1.29 is 14.3 Å². The summed E-state index contributed by atoms with van der Waals surface area (Å²) in [5.74, 6) is 1.53. The molecule has 0 bridgehead atoms. The molecule has 1 heterocycles. The van der Waals surface area contributed by atoms with Gasteiger partial charge in [0, 0.05) is 18.2 Å². The number of hydrogen-bond donors (Lipinski definition) is 2. The number of fused-ring (bicyclic) bond motifs is 1. The Morgan fingerprint density at radius 1 is 1.26 bits per heavy atom. The van der Waals surface area contributed by atoms with Gasteiger partial charge in [-0.1, -0.05) is 25.4 Å². The summed E-state index contributed by atoms with van der Waals surface area (Å²) in [5, 5.41) is 5.96. The van der Waals surface area contributed by atoms with Crippen LogP contribution in [0.25, 0.3) is 0 Å². The van der Waals surface area contributed by atoms with Crippen LogP contribution in [0.1, 0.15) is 20.8 Å². The molecule has 5 nitrogen and oxygen atoms in total. The number of hydrogen-bond acceptors (Lipinski definition) is 3. The van der Waals surface area contributed by atoms with Gasteiger partial charge >= 0.3 is 6.03 Å². The molecule has 1 atom stereocenters. The van der Waals surface area contributed by atoms with Crippen LogP contribution in [0, 0.1) is 5.92 Å². The lowest BCUT2D eigenvalue weighted by Crippen LogP contribution is -2.39. The third kappa shape index (κ3) is 3.23. The van der Waals surface area contributed by atoms with E-state index in [2.05, 4.69) is 10.6 Å². The van der Waals surface area contributed by atoms with Gasteiger partial charge in [-0.25, -0.2) is 4.79 Å². The zero-order chi connectivity index (χ0) is 14.0. The van der Waals surface area contributed by atoms with Gasteiger partial charge in [0.2, 0.25) is 6.79 Å². The average molecular weight is 285 g/mol. The van der Waals surface area contributed by atoms with Crippen molar-refractivity contribution in [3.63, 3.8) is 0 Å². The molecule has 1 aromatic rings. The molecule has 0 spiro atoms. The van der Waals surface area contributed by atoms with Crippen LogP contribution in [0.3, 0.4) is 0 Å². The summed E-state index contributed by atoms with van der Waals surface area (Å²) < 4.78 is 10.4. The molecule has 19 heavy (non-hydrogen) atoms. The van der Waals surface area contributed by atoms with Crippen LogP contribution >= 0.6 is 11.6 Å². The van der Waals surface area contributed by atoms with Crippen molar-refractivity contribution in [3.05, 3.63) is 17.2 Å². The van der Waals surface area contributed by atoms with E-state index < -0.39 is 0 Å². The number of anilines is 1. The molecule has 1 aliphatic heterocycles. The number of rotatable bonds is 3. The third-order valence-corrected chi connectivity index (χ3v) is 3.38. The maximum atomic E-state index is 11.8. The smallest absolute Gasteiger partial charge is 0.319 e. The van der Waals surface area contributed by atoms with Crippen LogP contribution in [0.15, 0.2) is 12.1 Å². The first-order valence-corrected chi connectivity index (χ1v) is 6.52. The monoisotopic (exact) mass is 284 g/mol. The highest BCUT2D eigenvalue weighted by Crippen LogP contribution is 2.39. The summed E-state index contributed by atoms with van der Waals surface area (Å²) in [6, 6.07) is 3.07. The number of carbonyl (C=O) groups excluding carboxylic acids is 1. The van der Waals surface area contributed by atoms with Crippen molar-refractivity contribution in [2.75, 3.05) is 12.1 Å². The molecule has 0 saturated heterocycles. The van der Waals surface area contributed by atoms with Gasteiger partial charge < -0.3 is 20.1 Å². The Morgan fingerprint density at radius 2 is 1.89 bits per heavy atom. The SMILES string of the molecule is CC(C)C(C)NC(=O)Nc1cc2c(cc1Cl)OCO2. The number of urea groups is 1. The van der Waals surface area contributed by atoms with E-state index >= 15 is 0 Å². The van der Waals surface area contributed by atoms with Crippen molar-refractivity contribution in [2.24, 2.45) is 5.92 Å². The first-order valence-electron chi connectivity index (χ1n) is 6.14. The predicted octanol–water partition coefficient (Wildman–Crippen LogP) is 3.23. The van der Waals surface area contributed by atoms with E-state index in [-0.39, 0.29) is 18.9 Å². The molecule has 2 rings (SSSR count). The number of amides is 2. The largest absolute Gasteiger partial charge is 0.454 e. The number of nitrogens with one attached hydrogen (secondary N) is 2. The molecule has 1 aliphatic rings. The lowest BCUT2D eigenvalue weighted by molar-refractivity contribution is 0.174. The van der Waals surface area contributed by atoms with Crippen molar-refractivity contribution >= 4 is 23.3 Å². The maximum Gasteiger partial charge on any atom is 0.319 e. The number of ether oxygens (including phenoxy) is 2. The molecule has 1 unspecified atom stereocenters. The molecule has 0 aliphatic carbocycles. The van der Waals surface area contributed by atoms with Crippen molar-refractivity contribution in [3.8, 4) is 11.5 Å². The predicted molar refractivity (Wildman–Crippen MR) is 74.0 cm³/mol. The van der Waals surface area contributed by atoms with Crippen molar-refractivity contribution in [1.82, 2.24) is 5.32 Å². The lowest BCUT2D eigenvalue weighted by Gasteiger charge is -2.18. The molecule has 104 valence electrons. The first kappa shape index (κ1) is 13.8. The highest BCUT2D eigenvalue weighted by atomic mass is 35.5. The van der Waals surface area contributed by atoms with Gasteiger partial charge in [0.25, 0.3) is 0 Å². The summed E-state index contributed by atoms with van der Waals surface area (Å²) in [6.07, 6.45) is 0. The van der Waals surface area contributed by atoms with Gasteiger partial charge in [0.15, 0.2) is 11.5 Å². The van der Waals surface area contributed by atoms with Gasteiger partial charge in [0.05, 0.1) is 10.7 Å². The van der Waals surface area contributed by atoms with Crippen LogP contribution in [-0.4, -0.2) is 18.9 Å². The van der Waals surface area contributed by atoms with Crippen LogP contribution in [0.5, 0.6) is 11.5 Å². The Kier molecular flexibility index (Phi) is 4.04. The molecule has 0 saturated carbocycles. The average Bonchev–Trinajstić information content (AvgIpc) is 2.76. The molecular weight excluding hydrogens is 268 g/mol. The quantitative estimate of drug-likeness (QED) is 0.896. The Hall–Kier alpha value is -1.62. The van der Waals surface area contributed by atoms with Crippen LogP contribution in [0.4, 0.5) is 10.5 Å². The Morgan fingerprint density at radius 3 is 2.53 bits per heavy atom.